The summed E-state index contributed by atoms with van der Waals surface area (Å²) in [6.07, 6.45) is 4.59. The molecule has 0 saturated carbocycles. The molecule has 1 aromatic carbocycles. The molecule has 2 atom stereocenters. The maximum absolute atomic E-state index is 11.4. The molecule has 110 valence electrons. The minimum Gasteiger partial charge on any atom is -0.482 e. The number of ether oxygens (including phenoxy) is 1. The van der Waals surface area contributed by atoms with Crippen molar-refractivity contribution in [1.29, 1.82) is 0 Å². The smallest absolute Gasteiger partial charge is 0.262 e. The molecule has 1 aliphatic rings. The van der Waals surface area contributed by atoms with E-state index in [4.69, 9.17) is 16.3 Å². The average molecular weight is 296 g/mol. The quantitative estimate of drug-likeness (QED) is 0.784. The topological polar surface area (TPSA) is 38.3 Å². The van der Waals surface area contributed by atoms with Gasteiger partial charge in [0.2, 0.25) is 0 Å². The number of carbonyl (C=O) groups excluding carboxylic acids is 1. The highest BCUT2D eigenvalue weighted by molar-refractivity contribution is 6.21. The molecule has 0 saturated heterocycles. The highest BCUT2D eigenvalue weighted by Gasteiger charge is 2.22. The molecular formula is C16H22ClNO2. The van der Waals surface area contributed by atoms with Crippen molar-refractivity contribution < 1.29 is 9.53 Å². The van der Waals surface area contributed by atoms with Crippen molar-refractivity contribution in [3.8, 4) is 5.75 Å². The predicted octanol–water partition coefficient (Wildman–Crippen LogP) is 4.51. The number of alkyl halides is 1. The molecule has 4 heteroatoms. The molecule has 1 heterocycles. The zero-order valence-corrected chi connectivity index (χ0v) is 12.9. The molecule has 1 aliphatic heterocycles. The van der Waals surface area contributed by atoms with Gasteiger partial charge >= 0.3 is 0 Å². The summed E-state index contributed by atoms with van der Waals surface area (Å²) in [5.74, 6) is 1.08. The zero-order valence-electron chi connectivity index (χ0n) is 12.1. The number of carbonyl (C=O) groups is 1. The summed E-state index contributed by atoms with van der Waals surface area (Å²) in [6.45, 7) is 4.46. The Bertz CT molecular complexity index is 476. The minimum atomic E-state index is -0.112. The standard InChI is InChI=1S/C16H22ClNO2/c1-3-5-6-11(4-2)16(17)12-7-8-14-13(9-12)18-15(19)10-20-14/h7-9,11,16H,3-6,10H2,1-2H3,(H,18,19). The average Bonchev–Trinajstić information content (AvgIpc) is 2.47. The van der Waals surface area contributed by atoms with Crippen molar-refractivity contribution in [3.63, 3.8) is 0 Å². The molecule has 0 bridgehead atoms. The minimum absolute atomic E-state index is 0.0179. The summed E-state index contributed by atoms with van der Waals surface area (Å²) in [6, 6.07) is 5.84. The fourth-order valence-corrected chi connectivity index (χ4v) is 3.01. The summed E-state index contributed by atoms with van der Waals surface area (Å²) < 4.78 is 5.37. The van der Waals surface area contributed by atoms with Crippen LogP contribution in [0.25, 0.3) is 0 Å². The lowest BCUT2D eigenvalue weighted by Gasteiger charge is -2.24. The van der Waals surface area contributed by atoms with Gasteiger partial charge in [-0.3, -0.25) is 4.79 Å². The van der Waals surface area contributed by atoms with Crippen molar-refractivity contribution in [1.82, 2.24) is 0 Å². The molecule has 1 aromatic rings. The highest BCUT2D eigenvalue weighted by Crippen LogP contribution is 2.38. The molecule has 0 radical (unpaired) electrons. The van der Waals surface area contributed by atoms with E-state index in [0.29, 0.717) is 5.92 Å². The Morgan fingerprint density at radius 2 is 2.20 bits per heavy atom. The lowest BCUT2D eigenvalue weighted by molar-refractivity contribution is -0.118. The molecule has 20 heavy (non-hydrogen) atoms. The third-order valence-electron chi connectivity index (χ3n) is 3.82. The fourth-order valence-electron chi connectivity index (χ4n) is 2.57. The van der Waals surface area contributed by atoms with E-state index in [-0.39, 0.29) is 17.9 Å². The first-order chi connectivity index (χ1) is 9.65. The largest absolute Gasteiger partial charge is 0.482 e. The fraction of sp³-hybridized carbons (Fsp3) is 0.562. The number of nitrogens with one attached hydrogen (secondary N) is 1. The van der Waals surface area contributed by atoms with E-state index in [1.165, 1.54) is 12.8 Å². The maximum atomic E-state index is 11.4. The van der Waals surface area contributed by atoms with Crippen molar-refractivity contribution in [2.75, 3.05) is 11.9 Å². The maximum Gasteiger partial charge on any atom is 0.262 e. The predicted molar refractivity (Wildman–Crippen MR) is 82.5 cm³/mol. The second kappa shape index (κ2) is 6.98. The van der Waals surface area contributed by atoms with E-state index in [1.54, 1.807) is 0 Å². The molecule has 1 N–H and O–H groups in total. The zero-order chi connectivity index (χ0) is 14.5. The number of halogens is 1. The van der Waals surface area contributed by atoms with Crippen LogP contribution >= 0.6 is 11.6 Å². The Balaban J connectivity index is 2.15. The van der Waals surface area contributed by atoms with Gasteiger partial charge in [0.05, 0.1) is 11.1 Å². The summed E-state index contributed by atoms with van der Waals surface area (Å²) >= 11 is 6.63. The van der Waals surface area contributed by atoms with Crippen LogP contribution in [0.4, 0.5) is 5.69 Å². The lowest BCUT2D eigenvalue weighted by Crippen LogP contribution is -2.25. The lowest BCUT2D eigenvalue weighted by atomic mass is 9.91. The SMILES string of the molecule is CCCCC(CC)C(Cl)c1ccc2c(c1)NC(=O)CO2. The summed E-state index contributed by atoms with van der Waals surface area (Å²) in [5.41, 5.74) is 1.79. The van der Waals surface area contributed by atoms with Crippen LogP contribution in [0, 0.1) is 5.92 Å². The van der Waals surface area contributed by atoms with Crippen LogP contribution in [-0.4, -0.2) is 12.5 Å². The van der Waals surface area contributed by atoms with Gasteiger partial charge in [-0.05, 0) is 30.0 Å². The molecule has 0 aromatic heterocycles. The number of unbranched alkanes of at least 4 members (excludes halogenated alkanes) is 1. The van der Waals surface area contributed by atoms with Gasteiger partial charge in [0.15, 0.2) is 6.61 Å². The Hall–Kier alpha value is -1.22. The van der Waals surface area contributed by atoms with Crippen LogP contribution < -0.4 is 10.1 Å². The van der Waals surface area contributed by atoms with Crippen LogP contribution in [0.5, 0.6) is 5.75 Å². The second-order valence-corrected chi connectivity index (χ2v) is 5.77. The van der Waals surface area contributed by atoms with Gasteiger partial charge < -0.3 is 10.1 Å². The molecule has 1 amide bonds. The van der Waals surface area contributed by atoms with Crippen LogP contribution in [-0.2, 0) is 4.79 Å². The Morgan fingerprint density at radius 1 is 1.40 bits per heavy atom. The van der Waals surface area contributed by atoms with Crippen molar-refractivity contribution in [2.45, 2.75) is 44.9 Å². The van der Waals surface area contributed by atoms with Crippen LogP contribution in [0.3, 0.4) is 0 Å². The number of amides is 1. The summed E-state index contributed by atoms with van der Waals surface area (Å²) in [5, 5.41) is 2.81. The molecule has 2 rings (SSSR count). The summed E-state index contributed by atoms with van der Waals surface area (Å²) in [4.78, 5) is 11.4. The molecule has 3 nitrogen and oxygen atoms in total. The second-order valence-electron chi connectivity index (χ2n) is 5.30. The van der Waals surface area contributed by atoms with E-state index in [2.05, 4.69) is 19.2 Å². The van der Waals surface area contributed by atoms with Crippen molar-refractivity contribution >= 4 is 23.2 Å². The number of anilines is 1. The first kappa shape index (κ1) is 15.2. The molecule has 0 spiro atoms. The molecular weight excluding hydrogens is 274 g/mol. The van der Waals surface area contributed by atoms with Gasteiger partial charge in [0, 0.05) is 0 Å². The van der Waals surface area contributed by atoms with E-state index >= 15 is 0 Å². The van der Waals surface area contributed by atoms with Gasteiger partial charge in [-0.1, -0.05) is 39.2 Å². The van der Waals surface area contributed by atoms with Crippen LogP contribution in [0.15, 0.2) is 18.2 Å². The van der Waals surface area contributed by atoms with Crippen LogP contribution in [0.2, 0.25) is 0 Å². The molecule has 2 unspecified atom stereocenters. The first-order valence-electron chi connectivity index (χ1n) is 7.36. The van der Waals surface area contributed by atoms with Crippen molar-refractivity contribution in [2.24, 2.45) is 5.92 Å². The van der Waals surface area contributed by atoms with Gasteiger partial charge in [0.1, 0.15) is 5.75 Å². The number of rotatable bonds is 6. The van der Waals surface area contributed by atoms with Crippen LogP contribution in [0.1, 0.15) is 50.5 Å². The number of benzene rings is 1. The first-order valence-corrected chi connectivity index (χ1v) is 7.80. The van der Waals surface area contributed by atoms with Crippen molar-refractivity contribution in [3.05, 3.63) is 23.8 Å². The number of hydrogen-bond donors (Lipinski definition) is 1. The number of hydrogen-bond acceptors (Lipinski definition) is 2. The van der Waals surface area contributed by atoms with Gasteiger partial charge in [0.25, 0.3) is 5.91 Å². The van der Waals surface area contributed by atoms with Gasteiger partial charge in [-0.25, -0.2) is 0 Å². The Labute approximate surface area is 125 Å². The number of fused-ring (bicyclic) bond motifs is 1. The van der Waals surface area contributed by atoms with E-state index in [1.807, 2.05) is 18.2 Å². The monoisotopic (exact) mass is 295 g/mol. The third-order valence-corrected chi connectivity index (χ3v) is 4.43. The van der Waals surface area contributed by atoms with E-state index in [0.717, 1.165) is 29.8 Å². The Morgan fingerprint density at radius 3 is 2.90 bits per heavy atom. The molecule has 0 aliphatic carbocycles. The summed E-state index contributed by atoms with van der Waals surface area (Å²) in [7, 11) is 0. The third kappa shape index (κ3) is 3.45. The molecule has 0 fully saturated rings. The Kier molecular flexibility index (Phi) is 5.30. The normalized spacial score (nSPS) is 16.9. The van der Waals surface area contributed by atoms with E-state index in [9.17, 15) is 4.79 Å². The van der Waals surface area contributed by atoms with Gasteiger partial charge in [-0.15, -0.1) is 11.6 Å². The highest BCUT2D eigenvalue weighted by atomic mass is 35.5. The van der Waals surface area contributed by atoms with E-state index < -0.39 is 0 Å². The van der Waals surface area contributed by atoms with Gasteiger partial charge in [-0.2, -0.15) is 0 Å².